The van der Waals surface area contributed by atoms with Gasteiger partial charge in [0.2, 0.25) is 5.91 Å². The maximum Gasteiger partial charge on any atom is 0.408 e. The van der Waals surface area contributed by atoms with E-state index in [0.717, 1.165) is 5.56 Å². The Hall–Kier alpha value is -3.42. The predicted octanol–water partition coefficient (Wildman–Crippen LogP) is 2.52. The molecule has 29 heavy (non-hydrogen) atoms. The Morgan fingerprint density at radius 1 is 1.31 bits per heavy atom. The average molecular weight is 399 g/mol. The van der Waals surface area contributed by atoms with Gasteiger partial charge < -0.3 is 20.1 Å². The number of aliphatic imine (C=N–C) groups is 1. The van der Waals surface area contributed by atoms with Crippen molar-refractivity contribution in [3.63, 3.8) is 0 Å². The van der Waals surface area contributed by atoms with Gasteiger partial charge in [-0.15, -0.1) is 0 Å². The molecule has 1 aromatic rings. The smallest absolute Gasteiger partial charge is 0.408 e. The lowest BCUT2D eigenvalue weighted by atomic mass is 10.1. The normalized spacial score (nSPS) is 13.8. The average Bonchev–Trinajstić information content (AvgIpc) is 3.22. The highest BCUT2D eigenvalue weighted by atomic mass is 16.5. The molecule has 0 saturated heterocycles. The Morgan fingerprint density at radius 3 is 2.69 bits per heavy atom. The number of nitrogens with zero attached hydrogens (tertiary/aromatic N) is 2. The van der Waals surface area contributed by atoms with Gasteiger partial charge in [-0.05, 0) is 12.5 Å². The molecule has 0 saturated carbocycles. The summed E-state index contributed by atoms with van der Waals surface area (Å²) in [5.74, 6) is -1.64. The number of amides is 2. The number of carboxylic acids is 1. The van der Waals surface area contributed by atoms with Crippen molar-refractivity contribution >= 4 is 24.2 Å². The van der Waals surface area contributed by atoms with Crippen molar-refractivity contribution in [2.75, 3.05) is 13.1 Å². The fourth-order valence-electron chi connectivity index (χ4n) is 2.71. The molecule has 0 aromatic heterocycles. The first-order valence-electron chi connectivity index (χ1n) is 9.30. The van der Waals surface area contributed by atoms with Gasteiger partial charge in [0.15, 0.2) is 0 Å². The maximum atomic E-state index is 13.0. The second-order valence-corrected chi connectivity index (χ2v) is 6.39. The lowest BCUT2D eigenvalue weighted by molar-refractivity contribution is -0.144. The summed E-state index contributed by atoms with van der Waals surface area (Å²) in [5, 5.41) is 11.7. The Kier molecular flexibility index (Phi) is 8.62. The van der Waals surface area contributed by atoms with Crippen LogP contribution in [0.4, 0.5) is 4.79 Å². The van der Waals surface area contributed by atoms with Crippen molar-refractivity contribution in [2.45, 2.75) is 32.4 Å². The van der Waals surface area contributed by atoms with Crippen LogP contribution in [0.2, 0.25) is 0 Å². The number of rotatable bonds is 10. The molecule has 1 atom stereocenters. The fourth-order valence-corrected chi connectivity index (χ4v) is 2.71. The van der Waals surface area contributed by atoms with E-state index in [1.165, 1.54) is 4.90 Å². The Labute approximate surface area is 169 Å². The monoisotopic (exact) mass is 399 g/mol. The van der Waals surface area contributed by atoms with E-state index in [-0.39, 0.29) is 19.6 Å². The van der Waals surface area contributed by atoms with Crippen LogP contribution in [0.1, 0.15) is 25.3 Å². The number of nitrogens with one attached hydrogen (secondary N) is 1. The van der Waals surface area contributed by atoms with Crippen LogP contribution in [0.25, 0.3) is 0 Å². The molecule has 2 rings (SSSR count). The van der Waals surface area contributed by atoms with Crippen LogP contribution in [0.5, 0.6) is 0 Å². The van der Waals surface area contributed by atoms with Crippen molar-refractivity contribution in [1.29, 1.82) is 0 Å². The van der Waals surface area contributed by atoms with Crippen LogP contribution in [0, 0.1) is 0 Å². The first-order chi connectivity index (χ1) is 14.0. The summed E-state index contributed by atoms with van der Waals surface area (Å²) >= 11 is 0. The quantitative estimate of drug-likeness (QED) is 0.588. The van der Waals surface area contributed by atoms with Gasteiger partial charge in [0.1, 0.15) is 19.2 Å². The van der Waals surface area contributed by atoms with Gasteiger partial charge in [-0.3, -0.25) is 14.6 Å². The molecule has 2 N–H and O–H groups in total. The molecule has 0 unspecified atom stereocenters. The molecule has 0 spiro atoms. The lowest BCUT2D eigenvalue weighted by Gasteiger charge is -2.25. The standard InChI is InChI=1S/C21H25N3O5/c1-2-3-12-24(14-19(25)26)20(27)18(13-17-10-7-11-22-17)23-21(28)29-15-16-8-5-4-6-9-16/h2-6,8-11,18H,7,12-15H2,1H3,(H,23,28)(H,25,26)/b3-2+/t18-/m0/s1. The molecule has 8 nitrogen and oxygen atoms in total. The van der Waals surface area contributed by atoms with Gasteiger partial charge in [0.05, 0.1) is 0 Å². The van der Waals surface area contributed by atoms with Crippen molar-refractivity contribution in [3.8, 4) is 0 Å². The number of hydrogen-bond donors (Lipinski definition) is 2. The number of carbonyl (C=O) groups is 3. The summed E-state index contributed by atoms with van der Waals surface area (Å²) in [6, 6.07) is 8.18. The molecule has 0 fully saturated rings. The number of hydrogen-bond acceptors (Lipinski definition) is 5. The molecule has 0 radical (unpaired) electrons. The van der Waals surface area contributed by atoms with Gasteiger partial charge >= 0.3 is 12.1 Å². The topological polar surface area (TPSA) is 108 Å². The molecule has 154 valence electrons. The Morgan fingerprint density at radius 2 is 2.07 bits per heavy atom. The molecular formula is C21H25N3O5. The van der Waals surface area contributed by atoms with Gasteiger partial charge in [0.25, 0.3) is 0 Å². The van der Waals surface area contributed by atoms with Gasteiger partial charge in [-0.1, -0.05) is 48.6 Å². The SMILES string of the molecule is C/C=C/CN(CC(=O)O)C(=O)[C@H](CC1=CCC=N1)NC(=O)OCc1ccccc1. The van der Waals surface area contributed by atoms with E-state index in [0.29, 0.717) is 12.1 Å². The molecule has 0 bridgehead atoms. The number of aliphatic carboxylic acids is 1. The number of benzene rings is 1. The predicted molar refractivity (Wildman–Crippen MR) is 108 cm³/mol. The minimum absolute atomic E-state index is 0.0614. The highest BCUT2D eigenvalue weighted by Crippen LogP contribution is 2.15. The molecule has 2 amide bonds. The summed E-state index contributed by atoms with van der Waals surface area (Å²) in [4.78, 5) is 41.7. The van der Waals surface area contributed by atoms with Crippen LogP contribution < -0.4 is 5.32 Å². The fraction of sp³-hybridized carbons (Fsp3) is 0.333. The summed E-state index contributed by atoms with van der Waals surface area (Å²) < 4.78 is 5.21. The van der Waals surface area contributed by atoms with Gasteiger partial charge in [0, 0.05) is 31.3 Å². The number of allylic oxidation sites excluding steroid dienone is 2. The zero-order valence-corrected chi connectivity index (χ0v) is 16.3. The lowest BCUT2D eigenvalue weighted by Crippen LogP contribution is -2.50. The first kappa shape index (κ1) is 21.9. The van der Waals surface area contributed by atoms with Crippen molar-refractivity contribution in [1.82, 2.24) is 10.2 Å². The highest BCUT2D eigenvalue weighted by molar-refractivity contribution is 5.88. The number of ether oxygens (including phenoxy) is 1. The molecule has 0 aliphatic carbocycles. The second-order valence-electron chi connectivity index (χ2n) is 6.39. The van der Waals surface area contributed by atoms with E-state index in [2.05, 4.69) is 10.3 Å². The van der Waals surface area contributed by atoms with Crippen molar-refractivity contribution < 1.29 is 24.2 Å². The van der Waals surface area contributed by atoms with E-state index in [9.17, 15) is 14.4 Å². The Balaban J connectivity index is 2.07. The van der Waals surface area contributed by atoms with Crippen molar-refractivity contribution in [2.24, 2.45) is 4.99 Å². The van der Waals surface area contributed by atoms with Crippen LogP contribution in [0.15, 0.2) is 59.2 Å². The van der Waals surface area contributed by atoms with Gasteiger partial charge in [-0.25, -0.2) is 4.79 Å². The molecule has 8 heteroatoms. The van der Waals surface area contributed by atoms with Gasteiger partial charge in [-0.2, -0.15) is 0 Å². The van der Waals surface area contributed by atoms with E-state index < -0.39 is 30.6 Å². The maximum absolute atomic E-state index is 13.0. The summed E-state index contributed by atoms with van der Waals surface area (Å²) in [6.07, 6.45) is 7.02. The first-order valence-corrected chi connectivity index (χ1v) is 9.30. The summed E-state index contributed by atoms with van der Waals surface area (Å²) in [5.41, 5.74) is 1.47. The second kappa shape index (κ2) is 11.4. The molecule has 1 aliphatic rings. The van der Waals surface area contributed by atoms with E-state index >= 15 is 0 Å². The Bertz CT molecular complexity index is 802. The minimum Gasteiger partial charge on any atom is -0.480 e. The van der Waals surface area contributed by atoms with E-state index in [1.54, 1.807) is 25.3 Å². The third kappa shape index (κ3) is 7.61. The van der Waals surface area contributed by atoms with Crippen LogP contribution in [0.3, 0.4) is 0 Å². The third-order valence-electron chi connectivity index (χ3n) is 4.13. The third-order valence-corrected chi connectivity index (χ3v) is 4.13. The van der Waals surface area contributed by atoms with Crippen molar-refractivity contribution in [3.05, 3.63) is 59.8 Å². The molecular weight excluding hydrogens is 374 g/mol. The van der Waals surface area contributed by atoms with Crippen LogP contribution >= 0.6 is 0 Å². The largest absolute Gasteiger partial charge is 0.480 e. The zero-order valence-electron chi connectivity index (χ0n) is 16.3. The summed E-state index contributed by atoms with van der Waals surface area (Å²) in [6.45, 7) is 1.49. The highest BCUT2D eigenvalue weighted by Gasteiger charge is 2.28. The molecule has 1 aromatic carbocycles. The van der Waals surface area contributed by atoms with E-state index in [4.69, 9.17) is 9.84 Å². The molecule has 1 heterocycles. The number of carbonyl (C=O) groups excluding carboxylic acids is 2. The number of alkyl carbamates (subject to hydrolysis) is 1. The molecule has 1 aliphatic heterocycles. The van der Waals surface area contributed by atoms with Crippen LogP contribution in [-0.4, -0.2) is 53.3 Å². The summed E-state index contributed by atoms with van der Waals surface area (Å²) in [7, 11) is 0. The van der Waals surface area contributed by atoms with E-state index in [1.807, 2.05) is 36.4 Å². The van der Waals surface area contributed by atoms with Crippen LogP contribution in [-0.2, 0) is 20.9 Å². The minimum atomic E-state index is -1.13. The zero-order chi connectivity index (χ0) is 21.1. The number of carboxylic acid groups (broad SMARTS) is 1.